The summed E-state index contributed by atoms with van der Waals surface area (Å²) in [5.41, 5.74) is 6.27. The number of fused-ring (bicyclic) bond motifs is 3. The normalized spacial score (nSPS) is 11.5. The molecule has 0 atom stereocenters. The first kappa shape index (κ1) is 18.4. The number of hydrogen-bond donors (Lipinski definition) is 0. The van der Waals surface area contributed by atoms with Crippen molar-refractivity contribution in [2.75, 3.05) is 0 Å². The molecule has 0 spiro atoms. The van der Waals surface area contributed by atoms with Gasteiger partial charge >= 0.3 is 0 Å². The largest absolute Gasteiger partial charge is 0.437 e. The highest BCUT2D eigenvalue weighted by Crippen LogP contribution is 2.38. The Kier molecular flexibility index (Phi) is 4.13. The highest BCUT2D eigenvalue weighted by atomic mass is 19.1. The molecule has 3 heterocycles. The van der Waals surface area contributed by atoms with E-state index in [1.807, 2.05) is 49.0 Å². The molecular formula is C25H19F2N2O+. The van der Waals surface area contributed by atoms with Crippen LogP contribution in [0.2, 0.25) is 0 Å². The Hall–Kier alpha value is -3.60. The first-order chi connectivity index (χ1) is 14.4. The van der Waals surface area contributed by atoms with Crippen LogP contribution in [0.25, 0.3) is 44.5 Å². The molecule has 148 valence electrons. The second-order valence-corrected chi connectivity index (χ2v) is 7.57. The third-order valence-corrected chi connectivity index (χ3v) is 5.57. The predicted molar refractivity (Wildman–Crippen MR) is 113 cm³/mol. The van der Waals surface area contributed by atoms with Crippen molar-refractivity contribution < 1.29 is 17.8 Å². The van der Waals surface area contributed by atoms with Gasteiger partial charge in [0.25, 0.3) is 0 Å². The quantitative estimate of drug-likeness (QED) is 0.267. The molecule has 5 rings (SSSR count). The molecule has 0 amide bonds. The van der Waals surface area contributed by atoms with Gasteiger partial charge in [-0.1, -0.05) is 24.3 Å². The van der Waals surface area contributed by atoms with Crippen LogP contribution in [0, 0.1) is 25.6 Å². The van der Waals surface area contributed by atoms with E-state index in [4.69, 9.17) is 4.42 Å². The molecule has 0 radical (unpaired) electrons. The summed E-state index contributed by atoms with van der Waals surface area (Å²) in [5.74, 6) is -1.06. The number of furan rings is 1. The van der Waals surface area contributed by atoms with Gasteiger partial charge in [0.2, 0.25) is 17.4 Å². The molecule has 3 aromatic heterocycles. The van der Waals surface area contributed by atoms with Gasteiger partial charge in [-0.25, -0.2) is 8.96 Å². The van der Waals surface area contributed by atoms with Crippen LogP contribution in [0.3, 0.4) is 0 Å². The molecule has 0 aliphatic heterocycles. The smallest absolute Gasteiger partial charge is 0.230 e. The summed E-state index contributed by atoms with van der Waals surface area (Å²) in [7, 11) is 1.95. The van der Waals surface area contributed by atoms with Gasteiger partial charge in [-0.05, 0) is 54.8 Å². The summed E-state index contributed by atoms with van der Waals surface area (Å²) < 4.78 is 36.3. The topological polar surface area (TPSA) is 29.9 Å². The number of aromatic nitrogens is 2. The highest BCUT2D eigenvalue weighted by Gasteiger charge is 2.24. The van der Waals surface area contributed by atoms with Gasteiger partial charge in [0.15, 0.2) is 11.8 Å². The number of aryl methyl sites for hydroxylation is 3. The van der Waals surface area contributed by atoms with Gasteiger partial charge in [0, 0.05) is 11.6 Å². The van der Waals surface area contributed by atoms with Crippen LogP contribution >= 0.6 is 0 Å². The lowest BCUT2D eigenvalue weighted by atomic mass is 9.98. The van der Waals surface area contributed by atoms with Gasteiger partial charge in [0.1, 0.15) is 12.9 Å². The Morgan fingerprint density at radius 2 is 1.73 bits per heavy atom. The third kappa shape index (κ3) is 2.77. The summed E-state index contributed by atoms with van der Waals surface area (Å²) in [6.45, 7) is 3.92. The standard InChI is InChI=1S/C25H19F2N2O/c1-14-6-4-5-7-17(14)16-8-10-20(29(3)13-16)22-15(2)12-19(26)23-18-9-11-21(27)28-25(18)30-24(22)23/h4-13H,1-3H3/q+1. The van der Waals surface area contributed by atoms with Crippen molar-refractivity contribution in [3.63, 3.8) is 0 Å². The monoisotopic (exact) mass is 401 g/mol. The molecule has 5 aromatic rings. The zero-order valence-electron chi connectivity index (χ0n) is 16.8. The molecule has 30 heavy (non-hydrogen) atoms. The lowest BCUT2D eigenvalue weighted by Gasteiger charge is -2.09. The molecule has 0 fully saturated rings. The molecule has 5 heteroatoms. The van der Waals surface area contributed by atoms with Gasteiger partial charge in [-0.3, -0.25) is 0 Å². The molecule has 0 saturated carbocycles. The second kappa shape index (κ2) is 6.73. The average Bonchev–Trinajstić information content (AvgIpc) is 3.08. The maximum Gasteiger partial charge on any atom is 0.230 e. The molecule has 3 nitrogen and oxygen atoms in total. The van der Waals surface area contributed by atoms with Crippen LogP contribution in [-0.4, -0.2) is 4.98 Å². The number of benzene rings is 2. The maximum absolute atomic E-state index is 14.8. The number of halogens is 2. The molecule has 0 N–H and O–H groups in total. The van der Waals surface area contributed by atoms with E-state index in [1.165, 1.54) is 23.8 Å². The molecule has 0 aliphatic rings. The second-order valence-electron chi connectivity index (χ2n) is 7.57. The summed E-state index contributed by atoms with van der Waals surface area (Å²) in [5, 5.41) is 0.783. The van der Waals surface area contributed by atoms with Crippen LogP contribution in [0.4, 0.5) is 8.78 Å². The third-order valence-electron chi connectivity index (χ3n) is 5.57. The first-order valence-corrected chi connectivity index (χ1v) is 9.68. The number of rotatable bonds is 2. The fourth-order valence-electron chi connectivity index (χ4n) is 4.12. The Labute approximate surface area is 172 Å². The van der Waals surface area contributed by atoms with Crippen molar-refractivity contribution in [1.82, 2.24) is 4.98 Å². The van der Waals surface area contributed by atoms with E-state index < -0.39 is 11.8 Å². The summed E-state index contributed by atoms with van der Waals surface area (Å²) in [6, 6.07) is 16.5. The van der Waals surface area contributed by atoms with Gasteiger partial charge < -0.3 is 4.42 Å². The van der Waals surface area contributed by atoms with Crippen LogP contribution in [0.1, 0.15) is 11.1 Å². The molecule has 0 unspecified atom stereocenters. The zero-order valence-corrected chi connectivity index (χ0v) is 16.8. The van der Waals surface area contributed by atoms with Gasteiger partial charge in [-0.2, -0.15) is 9.37 Å². The maximum atomic E-state index is 14.8. The number of nitrogens with zero attached hydrogens (tertiary/aromatic N) is 2. The molecule has 0 bridgehead atoms. The van der Waals surface area contributed by atoms with Crippen LogP contribution in [0.15, 0.2) is 65.2 Å². The van der Waals surface area contributed by atoms with Crippen molar-refractivity contribution in [2.24, 2.45) is 7.05 Å². The van der Waals surface area contributed by atoms with E-state index in [-0.39, 0.29) is 5.71 Å². The van der Waals surface area contributed by atoms with Crippen LogP contribution in [0.5, 0.6) is 0 Å². The minimum Gasteiger partial charge on any atom is -0.437 e. The minimum atomic E-state index is -0.659. The molecule has 2 aromatic carbocycles. The Morgan fingerprint density at radius 3 is 2.50 bits per heavy atom. The number of pyridine rings is 2. The summed E-state index contributed by atoms with van der Waals surface area (Å²) >= 11 is 0. The van der Waals surface area contributed by atoms with E-state index in [1.54, 1.807) is 0 Å². The fourth-order valence-corrected chi connectivity index (χ4v) is 4.12. The molecule has 0 saturated heterocycles. The fraction of sp³-hybridized carbons (Fsp3) is 0.120. The van der Waals surface area contributed by atoms with E-state index in [9.17, 15) is 8.78 Å². The van der Waals surface area contributed by atoms with Crippen molar-refractivity contribution in [1.29, 1.82) is 0 Å². The van der Waals surface area contributed by atoms with Crippen molar-refractivity contribution in [2.45, 2.75) is 13.8 Å². The van der Waals surface area contributed by atoms with E-state index in [2.05, 4.69) is 24.0 Å². The minimum absolute atomic E-state index is 0.0925. The summed E-state index contributed by atoms with van der Waals surface area (Å²) in [4.78, 5) is 3.80. The lowest BCUT2D eigenvalue weighted by Crippen LogP contribution is -2.31. The van der Waals surface area contributed by atoms with E-state index >= 15 is 0 Å². The lowest BCUT2D eigenvalue weighted by molar-refractivity contribution is -0.659. The van der Waals surface area contributed by atoms with Crippen LogP contribution in [-0.2, 0) is 7.05 Å². The van der Waals surface area contributed by atoms with Crippen molar-refractivity contribution in [3.8, 4) is 22.4 Å². The van der Waals surface area contributed by atoms with Crippen molar-refractivity contribution >= 4 is 22.1 Å². The van der Waals surface area contributed by atoms with E-state index in [0.717, 1.165) is 27.9 Å². The average molecular weight is 401 g/mol. The van der Waals surface area contributed by atoms with Gasteiger partial charge in [0.05, 0.1) is 16.3 Å². The molecule has 0 aliphatic carbocycles. The highest BCUT2D eigenvalue weighted by molar-refractivity contribution is 6.09. The van der Waals surface area contributed by atoms with Crippen molar-refractivity contribution in [3.05, 3.63) is 83.7 Å². The Morgan fingerprint density at radius 1 is 0.933 bits per heavy atom. The Bertz CT molecular complexity index is 1450. The first-order valence-electron chi connectivity index (χ1n) is 9.68. The molecular weight excluding hydrogens is 382 g/mol. The number of hydrogen-bond acceptors (Lipinski definition) is 2. The Balaban J connectivity index is 1.77. The SMILES string of the molecule is Cc1ccccc1-c1ccc(-c2c(C)cc(F)c3c2oc2nc(F)ccc23)[n+](C)c1. The van der Waals surface area contributed by atoms with Gasteiger partial charge in [-0.15, -0.1) is 0 Å². The predicted octanol–water partition coefficient (Wildman–Crippen LogP) is 6.03. The van der Waals surface area contributed by atoms with E-state index in [0.29, 0.717) is 16.4 Å². The zero-order chi connectivity index (χ0) is 21.0. The summed E-state index contributed by atoms with van der Waals surface area (Å²) in [6.07, 6.45) is 2.05. The van der Waals surface area contributed by atoms with Crippen LogP contribution < -0.4 is 4.57 Å².